The van der Waals surface area contributed by atoms with Crippen LogP contribution in [0.5, 0.6) is 0 Å². The van der Waals surface area contributed by atoms with Crippen LogP contribution in [0, 0.1) is 0 Å². The Morgan fingerprint density at radius 1 is 0.867 bits per heavy atom. The lowest BCUT2D eigenvalue weighted by molar-refractivity contribution is 0.0746. The SMILES string of the molecule is O=C(c1cccc(Cl)c1)N1CCN(c2ccc3nnc(-c4ccccc4)n3n2)CC1. The summed E-state index contributed by atoms with van der Waals surface area (Å²) in [6.07, 6.45) is 0. The number of hydrogen-bond donors (Lipinski definition) is 0. The van der Waals surface area contributed by atoms with Crippen molar-refractivity contribution in [2.45, 2.75) is 0 Å². The van der Waals surface area contributed by atoms with E-state index >= 15 is 0 Å². The van der Waals surface area contributed by atoms with Crippen molar-refractivity contribution >= 4 is 29.0 Å². The largest absolute Gasteiger partial charge is 0.352 e. The first-order valence-corrected chi connectivity index (χ1v) is 10.1. The van der Waals surface area contributed by atoms with Gasteiger partial charge in [0.2, 0.25) is 0 Å². The normalized spacial score (nSPS) is 14.3. The molecule has 7 nitrogen and oxygen atoms in total. The summed E-state index contributed by atoms with van der Waals surface area (Å²) in [6.45, 7) is 2.65. The molecule has 0 atom stereocenters. The molecule has 1 saturated heterocycles. The second-order valence-electron chi connectivity index (χ2n) is 7.14. The van der Waals surface area contributed by atoms with E-state index in [4.69, 9.17) is 16.7 Å². The van der Waals surface area contributed by atoms with Crippen LogP contribution >= 0.6 is 11.6 Å². The van der Waals surface area contributed by atoms with Gasteiger partial charge in [-0.05, 0) is 30.3 Å². The molecule has 1 aliphatic heterocycles. The number of benzene rings is 2. The Morgan fingerprint density at radius 3 is 2.43 bits per heavy atom. The Bertz CT molecular complexity index is 1200. The number of carbonyl (C=O) groups is 1. The number of piperazine rings is 1. The lowest BCUT2D eigenvalue weighted by Gasteiger charge is -2.35. The van der Waals surface area contributed by atoms with E-state index in [1.807, 2.05) is 47.4 Å². The molecule has 8 heteroatoms. The lowest BCUT2D eigenvalue weighted by Crippen LogP contribution is -2.49. The fourth-order valence-corrected chi connectivity index (χ4v) is 3.85. The summed E-state index contributed by atoms with van der Waals surface area (Å²) in [5.74, 6) is 1.56. The topological polar surface area (TPSA) is 66.6 Å². The molecule has 1 fully saturated rings. The maximum absolute atomic E-state index is 12.7. The van der Waals surface area contributed by atoms with E-state index in [2.05, 4.69) is 15.1 Å². The molecule has 2 aromatic heterocycles. The Hall–Kier alpha value is -3.45. The highest BCUT2D eigenvalue weighted by Crippen LogP contribution is 2.21. The van der Waals surface area contributed by atoms with Gasteiger partial charge in [0.1, 0.15) is 5.82 Å². The summed E-state index contributed by atoms with van der Waals surface area (Å²) in [5.41, 5.74) is 2.28. The Morgan fingerprint density at radius 2 is 1.67 bits per heavy atom. The van der Waals surface area contributed by atoms with Gasteiger partial charge < -0.3 is 9.80 Å². The van der Waals surface area contributed by atoms with E-state index in [-0.39, 0.29) is 5.91 Å². The number of fused-ring (bicyclic) bond motifs is 1. The second-order valence-corrected chi connectivity index (χ2v) is 7.58. The van der Waals surface area contributed by atoms with Gasteiger partial charge in [-0.15, -0.1) is 15.3 Å². The van der Waals surface area contributed by atoms with Crippen LogP contribution in [0.15, 0.2) is 66.7 Å². The summed E-state index contributed by atoms with van der Waals surface area (Å²) in [7, 11) is 0. The fraction of sp³-hybridized carbons (Fsp3) is 0.182. The van der Waals surface area contributed by atoms with Crippen LogP contribution in [0.3, 0.4) is 0 Å². The molecule has 0 radical (unpaired) electrons. The molecule has 0 bridgehead atoms. The number of anilines is 1. The summed E-state index contributed by atoms with van der Waals surface area (Å²) in [6, 6.07) is 20.8. The number of hydrogen-bond acceptors (Lipinski definition) is 5. The van der Waals surface area contributed by atoms with Crippen molar-refractivity contribution in [3.05, 3.63) is 77.3 Å². The van der Waals surface area contributed by atoms with Crippen molar-refractivity contribution in [1.29, 1.82) is 0 Å². The fourth-order valence-electron chi connectivity index (χ4n) is 3.66. The first-order valence-electron chi connectivity index (χ1n) is 9.77. The van der Waals surface area contributed by atoms with E-state index in [9.17, 15) is 4.79 Å². The number of amides is 1. The first-order chi connectivity index (χ1) is 14.7. The van der Waals surface area contributed by atoms with E-state index in [0.717, 1.165) is 11.4 Å². The van der Waals surface area contributed by atoms with Crippen LogP contribution in [0.4, 0.5) is 5.82 Å². The average molecular weight is 419 g/mol. The quantitative estimate of drug-likeness (QED) is 0.510. The molecule has 150 valence electrons. The van der Waals surface area contributed by atoms with Crippen molar-refractivity contribution in [2.75, 3.05) is 31.1 Å². The zero-order chi connectivity index (χ0) is 20.5. The molecule has 2 aromatic carbocycles. The number of halogens is 1. The predicted octanol–water partition coefficient (Wildman–Crippen LogP) is 3.41. The highest BCUT2D eigenvalue weighted by molar-refractivity contribution is 6.30. The van der Waals surface area contributed by atoms with Gasteiger partial charge in [0.15, 0.2) is 11.5 Å². The van der Waals surface area contributed by atoms with Crippen molar-refractivity contribution < 1.29 is 4.79 Å². The molecule has 0 aliphatic carbocycles. The van der Waals surface area contributed by atoms with Gasteiger partial charge in [0.05, 0.1) is 0 Å². The minimum Gasteiger partial charge on any atom is -0.352 e. The molecule has 0 spiro atoms. The second kappa shape index (κ2) is 7.76. The third kappa shape index (κ3) is 3.48. The van der Waals surface area contributed by atoms with Gasteiger partial charge in [-0.3, -0.25) is 4.79 Å². The number of rotatable bonds is 3. The van der Waals surface area contributed by atoms with E-state index in [1.165, 1.54) is 0 Å². The van der Waals surface area contributed by atoms with Crippen LogP contribution in [0.1, 0.15) is 10.4 Å². The van der Waals surface area contributed by atoms with Crippen LogP contribution in [-0.2, 0) is 0 Å². The number of carbonyl (C=O) groups excluding carboxylic acids is 1. The van der Waals surface area contributed by atoms with Crippen LogP contribution in [-0.4, -0.2) is 56.8 Å². The smallest absolute Gasteiger partial charge is 0.254 e. The molecular formula is C22H19ClN6O. The van der Waals surface area contributed by atoms with Crippen LogP contribution in [0.2, 0.25) is 5.02 Å². The standard InChI is InChI=1S/C22H19ClN6O/c23-18-8-4-7-17(15-18)22(30)28-13-11-27(12-14-28)20-10-9-19-24-25-21(29(19)26-20)16-5-2-1-3-6-16/h1-10,15H,11-14H2. The number of nitrogens with zero attached hydrogens (tertiary/aromatic N) is 6. The zero-order valence-corrected chi connectivity index (χ0v) is 16.9. The van der Waals surface area contributed by atoms with Crippen molar-refractivity contribution in [3.8, 4) is 11.4 Å². The molecule has 4 aromatic rings. The van der Waals surface area contributed by atoms with Gasteiger partial charge in [-0.1, -0.05) is 48.0 Å². The van der Waals surface area contributed by atoms with Crippen molar-refractivity contribution in [3.63, 3.8) is 0 Å². The van der Waals surface area contributed by atoms with Gasteiger partial charge in [-0.2, -0.15) is 4.52 Å². The molecule has 1 amide bonds. The van der Waals surface area contributed by atoms with Crippen LogP contribution in [0.25, 0.3) is 17.0 Å². The summed E-state index contributed by atoms with van der Waals surface area (Å²) < 4.78 is 1.77. The molecule has 5 rings (SSSR count). The van der Waals surface area contributed by atoms with Crippen LogP contribution < -0.4 is 4.90 Å². The Balaban J connectivity index is 1.34. The highest BCUT2D eigenvalue weighted by Gasteiger charge is 2.23. The van der Waals surface area contributed by atoms with E-state index in [1.54, 1.807) is 28.8 Å². The highest BCUT2D eigenvalue weighted by atomic mass is 35.5. The van der Waals surface area contributed by atoms with Gasteiger partial charge in [0.25, 0.3) is 5.91 Å². The third-order valence-corrected chi connectivity index (χ3v) is 5.48. The maximum Gasteiger partial charge on any atom is 0.254 e. The molecular weight excluding hydrogens is 400 g/mol. The van der Waals surface area contributed by atoms with Gasteiger partial charge in [-0.25, -0.2) is 0 Å². The Labute approximate surface area is 178 Å². The monoisotopic (exact) mass is 418 g/mol. The van der Waals surface area contributed by atoms with Gasteiger partial charge in [0, 0.05) is 42.3 Å². The van der Waals surface area contributed by atoms with Crippen molar-refractivity contribution in [2.24, 2.45) is 0 Å². The van der Waals surface area contributed by atoms with E-state index < -0.39 is 0 Å². The summed E-state index contributed by atoms with van der Waals surface area (Å²) >= 11 is 6.03. The predicted molar refractivity (Wildman–Crippen MR) is 116 cm³/mol. The maximum atomic E-state index is 12.7. The number of aromatic nitrogens is 4. The van der Waals surface area contributed by atoms with Gasteiger partial charge >= 0.3 is 0 Å². The molecule has 0 unspecified atom stereocenters. The minimum absolute atomic E-state index is 0.00531. The lowest BCUT2D eigenvalue weighted by atomic mass is 10.2. The Kier molecular flexibility index (Phi) is 4.80. The minimum atomic E-state index is 0.00531. The molecule has 1 aliphatic rings. The first kappa shape index (κ1) is 18.6. The summed E-state index contributed by atoms with van der Waals surface area (Å²) in [5, 5.41) is 13.9. The van der Waals surface area contributed by atoms with Crippen molar-refractivity contribution in [1.82, 2.24) is 24.7 Å². The third-order valence-electron chi connectivity index (χ3n) is 5.24. The molecule has 30 heavy (non-hydrogen) atoms. The zero-order valence-electron chi connectivity index (χ0n) is 16.1. The average Bonchev–Trinajstić information content (AvgIpc) is 3.22. The molecule has 0 N–H and O–H groups in total. The van der Waals surface area contributed by atoms with E-state index in [0.29, 0.717) is 48.2 Å². The molecule has 3 heterocycles. The molecule has 0 saturated carbocycles. The summed E-state index contributed by atoms with van der Waals surface area (Å²) in [4.78, 5) is 16.8.